The molecule has 0 fully saturated rings. The lowest BCUT2D eigenvalue weighted by molar-refractivity contribution is 0.379. The van der Waals surface area contributed by atoms with Crippen molar-refractivity contribution in [2.24, 2.45) is 0 Å². The third kappa shape index (κ3) is 3.44. The highest BCUT2D eigenvalue weighted by atomic mass is 19.1. The fourth-order valence-corrected chi connectivity index (χ4v) is 2.02. The van der Waals surface area contributed by atoms with Gasteiger partial charge in [-0.3, -0.25) is 0 Å². The first kappa shape index (κ1) is 14.2. The van der Waals surface area contributed by atoms with E-state index >= 15 is 0 Å². The highest BCUT2D eigenvalue weighted by Gasteiger charge is 2.06. The van der Waals surface area contributed by atoms with Gasteiger partial charge in [0.15, 0.2) is 0 Å². The first-order chi connectivity index (χ1) is 9.60. The van der Waals surface area contributed by atoms with E-state index in [1.807, 2.05) is 26.0 Å². The van der Waals surface area contributed by atoms with Gasteiger partial charge in [0.25, 0.3) is 0 Å². The van der Waals surface area contributed by atoms with Gasteiger partial charge in [-0.1, -0.05) is 12.1 Å². The van der Waals surface area contributed by atoms with E-state index in [0.717, 1.165) is 16.8 Å². The molecule has 0 spiro atoms. The molecule has 0 radical (unpaired) electrons. The zero-order valence-electron chi connectivity index (χ0n) is 11.9. The Kier molecular flexibility index (Phi) is 4.50. The molecule has 1 N–H and O–H groups in total. The highest BCUT2D eigenvalue weighted by molar-refractivity contribution is 5.37. The number of hydrogen-bond donors (Lipinski definition) is 1. The standard InChI is InChI=1S/C15H18FN3O/c1-10-5-4-6-13(16)12(10)7-8-17-14-9-11(2)18-15(19-14)20-3/h4-6,9H,7-8H2,1-3H3,(H,17,18,19). The predicted octanol–water partition coefficient (Wildman–Crippen LogP) is 2.90. The number of hydrogen-bond acceptors (Lipinski definition) is 4. The van der Waals surface area contributed by atoms with Crippen molar-refractivity contribution in [3.63, 3.8) is 0 Å². The number of nitrogens with zero attached hydrogens (tertiary/aromatic N) is 2. The minimum Gasteiger partial charge on any atom is -0.467 e. The summed E-state index contributed by atoms with van der Waals surface area (Å²) in [5.74, 6) is 0.520. The minimum atomic E-state index is -0.164. The van der Waals surface area contributed by atoms with E-state index in [1.165, 1.54) is 13.2 Å². The monoisotopic (exact) mass is 275 g/mol. The van der Waals surface area contributed by atoms with Crippen LogP contribution in [0.5, 0.6) is 6.01 Å². The molecule has 0 saturated carbocycles. The third-order valence-corrected chi connectivity index (χ3v) is 3.05. The van der Waals surface area contributed by atoms with Gasteiger partial charge in [-0.25, -0.2) is 9.37 Å². The molecule has 0 unspecified atom stereocenters. The Hall–Kier alpha value is -2.17. The molecule has 2 rings (SSSR count). The topological polar surface area (TPSA) is 47.0 Å². The van der Waals surface area contributed by atoms with Crippen molar-refractivity contribution >= 4 is 5.82 Å². The molecular weight excluding hydrogens is 257 g/mol. The second-order valence-corrected chi connectivity index (χ2v) is 4.59. The quantitative estimate of drug-likeness (QED) is 0.911. The highest BCUT2D eigenvalue weighted by Crippen LogP contribution is 2.14. The number of nitrogens with one attached hydrogen (secondary N) is 1. The lowest BCUT2D eigenvalue weighted by Crippen LogP contribution is -2.09. The van der Waals surface area contributed by atoms with Crippen molar-refractivity contribution < 1.29 is 9.13 Å². The second kappa shape index (κ2) is 6.32. The van der Waals surface area contributed by atoms with Gasteiger partial charge < -0.3 is 10.1 Å². The molecule has 2 aromatic rings. The number of anilines is 1. The van der Waals surface area contributed by atoms with Gasteiger partial charge in [0.2, 0.25) is 0 Å². The maximum atomic E-state index is 13.7. The Labute approximate surface area is 118 Å². The largest absolute Gasteiger partial charge is 0.467 e. The molecule has 0 amide bonds. The average molecular weight is 275 g/mol. The summed E-state index contributed by atoms with van der Waals surface area (Å²) in [5, 5.41) is 3.17. The smallest absolute Gasteiger partial charge is 0.318 e. The van der Waals surface area contributed by atoms with Gasteiger partial charge in [-0.05, 0) is 37.5 Å². The van der Waals surface area contributed by atoms with Gasteiger partial charge >= 0.3 is 6.01 Å². The van der Waals surface area contributed by atoms with E-state index in [1.54, 1.807) is 6.07 Å². The van der Waals surface area contributed by atoms with Crippen molar-refractivity contribution in [3.8, 4) is 6.01 Å². The number of benzene rings is 1. The molecule has 0 atom stereocenters. The van der Waals surface area contributed by atoms with E-state index in [2.05, 4.69) is 15.3 Å². The van der Waals surface area contributed by atoms with Gasteiger partial charge in [-0.2, -0.15) is 4.98 Å². The van der Waals surface area contributed by atoms with E-state index < -0.39 is 0 Å². The summed E-state index contributed by atoms with van der Waals surface area (Å²) < 4.78 is 18.7. The van der Waals surface area contributed by atoms with E-state index in [4.69, 9.17) is 4.74 Å². The number of methoxy groups -OCH3 is 1. The fourth-order valence-electron chi connectivity index (χ4n) is 2.02. The molecule has 1 aromatic carbocycles. The fraction of sp³-hybridized carbons (Fsp3) is 0.333. The van der Waals surface area contributed by atoms with Gasteiger partial charge in [0, 0.05) is 18.3 Å². The molecule has 0 saturated heterocycles. The average Bonchev–Trinajstić information content (AvgIpc) is 2.41. The maximum Gasteiger partial charge on any atom is 0.318 e. The Morgan fingerprint density at radius 3 is 2.75 bits per heavy atom. The van der Waals surface area contributed by atoms with Crippen LogP contribution in [0.1, 0.15) is 16.8 Å². The first-order valence-electron chi connectivity index (χ1n) is 6.47. The van der Waals surface area contributed by atoms with Gasteiger partial charge in [0.05, 0.1) is 7.11 Å². The van der Waals surface area contributed by atoms with Crippen LogP contribution in [0.4, 0.5) is 10.2 Å². The minimum absolute atomic E-state index is 0.164. The van der Waals surface area contributed by atoms with Crippen molar-refractivity contribution in [2.75, 3.05) is 19.0 Å². The van der Waals surface area contributed by atoms with Crippen LogP contribution in [0.2, 0.25) is 0 Å². The third-order valence-electron chi connectivity index (χ3n) is 3.05. The second-order valence-electron chi connectivity index (χ2n) is 4.59. The van der Waals surface area contributed by atoms with E-state index in [9.17, 15) is 4.39 Å². The SMILES string of the molecule is COc1nc(C)cc(NCCc2c(C)cccc2F)n1. The van der Waals surface area contributed by atoms with Crippen molar-refractivity contribution in [2.45, 2.75) is 20.3 Å². The summed E-state index contributed by atoms with van der Waals surface area (Å²) >= 11 is 0. The normalized spacial score (nSPS) is 10.4. The number of aryl methyl sites for hydroxylation is 2. The molecule has 1 aromatic heterocycles. The van der Waals surface area contributed by atoms with E-state index in [-0.39, 0.29) is 5.82 Å². The molecule has 0 bridgehead atoms. The van der Waals surface area contributed by atoms with Crippen LogP contribution in [-0.4, -0.2) is 23.6 Å². The summed E-state index contributed by atoms with van der Waals surface area (Å²) in [7, 11) is 1.53. The molecule has 0 aliphatic rings. The van der Waals surface area contributed by atoms with Crippen LogP contribution in [0, 0.1) is 19.7 Å². The lowest BCUT2D eigenvalue weighted by Gasteiger charge is -2.10. The lowest BCUT2D eigenvalue weighted by atomic mass is 10.1. The predicted molar refractivity (Wildman–Crippen MR) is 76.7 cm³/mol. The van der Waals surface area contributed by atoms with Crippen LogP contribution in [0.3, 0.4) is 0 Å². The molecule has 106 valence electrons. The summed E-state index contributed by atoms with van der Waals surface area (Å²) in [4.78, 5) is 8.30. The maximum absolute atomic E-state index is 13.7. The van der Waals surface area contributed by atoms with Crippen LogP contribution >= 0.6 is 0 Å². The molecule has 0 aliphatic carbocycles. The van der Waals surface area contributed by atoms with Crippen LogP contribution < -0.4 is 10.1 Å². The Morgan fingerprint density at radius 1 is 1.25 bits per heavy atom. The zero-order valence-corrected chi connectivity index (χ0v) is 11.9. The molecule has 0 aliphatic heterocycles. The molecule has 5 heteroatoms. The van der Waals surface area contributed by atoms with Crippen LogP contribution in [0.25, 0.3) is 0 Å². The van der Waals surface area contributed by atoms with E-state index in [0.29, 0.717) is 24.8 Å². The Bertz CT molecular complexity index is 581. The number of ether oxygens (including phenoxy) is 1. The Morgan fingerprint density at radius 2 is 2.05 bits per heavy atom. The molecular formula is C15H18FN3O. The summed E-state index contributed by atoms with van der Waals surface area (Å²) in [6, 6.07) is 7.28. The van der Waals surface area contributed by atoms with Gasteiger partial charge in [0.1, 0.15) is 11.6 Å². The van der Waals surface area contributed by atoms with Crippen molar-refractivity contribution in [1.29, 1.82) is 0 Å². The zero-order chi connectivity index (χ0) is 14.5. The van der Waals surface area contributed by atoms with Crippen molar-refractivity contribution in [1.82, 2.24) is 9.97 Å². The molecule has 20 heavy (non-hydrogen) atoms. The summed E-state index contributed by atoms with van der Waals surface area (Å²) in [6.07, 6.45) is 0.601. The number of halogens is 1. The number of aromatic nitrogens is 2. The van der Waals surface area contributed by atoms with Crippen LogP contribution in [-0.2, 0) is 6.42 Å². The molecule has 4 nitrogen and oxygen atoms in total. The van der Waals surface area contributed by atoms with Crippen LogP contribution in [0.15, 0.2) is 24.3 Å². The van der Waals surface area contributed by atoms with Gasteiger partial charge in [-0.15, -0.1) is 0 Å². The number of rotatable bonds is 5. The van der Waals surface area contributed by atoms with Crippen molar-refractivity contribution in [3.05, 3.63) is 46.9 Å². The Balaban J connectivity index is 2.01. The molecule has 1 heterocycles. The first-order valence-corrected chi connectivity index (χ1v) is 6.47. The summed E-state index contributed by atoms with van der Waals surface area (Å²) in [6.45, 7) is 4.38. The summed E-state index contributed by atoms with van der Waals surface area (Å²) in [5.41, 5.74) is 2.52.